The van der Waals surface area contributed by atoms with Gasteiger partial charge in [0.15, 0.2) is 8.32 Å². The Balaban J connectivity index is 2.20. The minimum atomic E-state index is -1.88. The van der Waals surface area contributed by atoms with Gasteiger partial charge < -0.3 is 19.0 Å². The number of rotatable bonds is 6. The maximum atomic E-state index is 11.5. The molecule has 0 radical (unpaired) electrons. The molecule has 0 saturated carbocycles. The van der Waals surface area contributed by atoms with E-state index >= 15 is 0 Å². The number of benzene rings is 1. The molecule has 5 nitrogen and oxygen atoms in total. The van der Waals surface area contributed by atoms with Crippen LogP contribution in [0, 0.1) is 0 Å². The Bertz CT molecular complexity index is 567. The lowest BCUT2D eigenvalue weighted by Crippen LogP contribution is -2.40. The summed E-state index contributed by atoms with van der Waals surface area (Å²) in [5, 5.41) is 10.7. The lowest BCUT2D eigenvalue weighted by atomic mass is 10.0. The molecule has 0 spiro atoms. The number of hydrogen-bond donors (Lipinski definition) is 1. The smallest absolute Gasteiger partial charge is 0.330 e. The highest BCUT2D eigenvalue weighted by atomic mass is 28.4. The van der Waals surface area contributed by atoms with Gasteiger partial charge in [0.2, 0.25) is 0 Å². The van der Waals surface area contributed by atoms with E-state index in [1.54, 1.807) is 13.0 Å². The molecule has 1 saturated heterocycles. The van der Waals surface area contributed by atoms with E-state index in [1.165, 1.54) is 6.08 Å². The molecule has 1 aromatic rings. The predicted octanol–water partition coefficient (Wildman–Crippen LogP) is 2.83. The van der Waals surface area contributed by atoms with E-state index in [9.17, 15) is 9.90 Å². The predicted molar refractivity (Wildman–Crippen MR) is 94.1 cm³/mol. The Morgan fingerprint density at radius 2 is 1.96 bits per heavy atom. The number of aliphatic hydroxyl groups is 1. The third-order valence-electron chi connectivity index (χ3n) is 3.60. The fourth-order valence-corrected chi connectivity index (χ4v) is 3.75. The first kappa shape index (κ1) is 18.9. The summed E-state index contributed by atoms with van der Waals surface area (Å²) in [5.74, 6) is -0.445. The van der Waals surface area contributed by atoms with Crippen molar-refractivity contribution < 1.29 is 23.8 Å². The molecular weight excluding hydrogens is 324 g/mol. The third-order valence-corrected chi connectivity index (χ3v) is 4.58. The summed E-state index contributed by atoms with van der Waals surface area (Å²) in [6.45, 7) is 8.28. The monoisotopic (exact) mass is 350 g/mol. The number of carbonyl (C=O) groups excluding carboxylic acids is 1. The van der Waals surface area contributed by atoms with Crippen LogP contribution in [0.4, 0.5) is 0 Å². The van der Waals surface area contributed by atoms with E-state index in [2.05, 4.69) is 19.6 Å². The maximum Gasteiger partial charge on any atom is 0.330 e. The SMILES string of the molecule is CCOC(=O)/C=C\[C@@H]1O[C@H](c2ccccc2)[C@@H](O[Si](C)(C)C)[C@@H]1O. The van der Waals surface area contributed by atoms with Crippen LogP contribution in [-0.2, 0) is 18.7 Å². The number of aliphatic hydroxyl groups excluding tert-OH is 1. The van der Waals surface area contributed by atoms with Crippen molar-refractivity contribution >= 4 is 14.3 Å². The largest absolute Gasteiger partial charge is 0.463 e. The molecule has 1 aliphatic heterocycles. The fraction of sp³-hybridized carbons (Fsp3) is 0.500. The van der Waals surface area contributed by atoms with Crippen LogP contribution in [-0.4, -0.2) is 44.3 Å². The second kappa shape index (κ2) is 8.07. The Hall–Kier alpha value is -1.47. The van der Waals surface area contributed by atoms with Crippen molar-refractivity contribution in [1.82, 2.24) is 0 Å². The van der Waals surface area contributed by atoms with E-state index < -0.39 is 32.6 Å². The molecular formula is C18H26O5Si. The molecule has 0 amide bonds. The number of hydrogen-bond acceptors (Lipinski definition) is 5. The minimum Gasteiger partial charge on any atom is -0.463 e. The van der Waals surface area contributed by atoms with E-state index in [-0.39, 0.29) is 6.10 Å². The van der Waals surface area contributed by atoms with Crippen molar-refractivity contribution in [2.24, 2.45) is 0 Å². The van der Waals surface area contributed by atoms with Crippen molar-refractivity contribution in [3.63, 3.8) is 0 Å². The molecule has 0 unspecified atom stereocenters. The van der Waals surface area contributed by atoms with Gasteiger partial charge in [-0.25, -0.2) is 4.79 Å². The van der Waals surface area contributed by atoms with Gasteiger partial charge in [-0.2, -0.15) is 0 Å². The molecule has 1 N–H and O–H groups in total. The van der Waals surface area contributed by atoms with Gasteiger partial charge in [0.05, 0.1) is 6.61 Å². The Morgan fingerprint density at radius 3 is 2.54 bits per heavy atom. The van der Waals surface area contributed by atoms with Crippen molar-refractivity contribution in [1.29, 1.82) is 0 Å². The van der Waals surface area contributed by atoms with Gasteiger partial charge in [0, 0.05) is 6.08 Å². The number of ether oxygens (including phenoxy) is 2. The average Bonchev–Trinajstić information content (AvgIpc) is 2.82. The fourth-order valence-electron chi connectivity index (χ4n) is 2.67. The molecule has 1 fully saturated rings. The highest BCUT2D eigenvalue weighted by Crippen LogP contribution is 2.37. The average molecular weight is 350 g/mol. The highest BCUT2D eigenvalue weighted by molar-refractivity contribution is 6.69. The molecule has 1 aromatic carbocycles. The van der Waals surface area contributed by atoms with Crippen molar-refractivity contribution in [3.05, 3.63) is 48.0 Å². The van der Waals surface area contributed by atoms with Gasteiger partial charge in [-0.3, -0.25) is 0 Å². The lowest BCUT2D eigenvalue weighted by Gasteiger charge is -2.28. The molecule has 0 bridgehead atoms. The van der Waals surface area contributed by atoms with E-state index in [0.717, 1.165) is 5.56 Å². The summed E-state index contributed by atoms with van der Waals surface area (Å²) in [4.78, 5) is 11.5. The second-order valence-electron chi connectivity index (χ2n) is 6.73. The Labute approximate surface area is 144 Å². The van der Waals surface area contributed by atoms with Crippen LogP contribution in [0.2, 0.25) is 19.6 Å². The topological polar surface area (TPSA) is 65.0 Å². The van der Waals surface area contributed by atoms with Crippen LogP contribution in [0.3, 0.4) is 0 Å². The standard InChI is InChI=1S/C18H26O5Si/c1-5-21-15(19)12-11-14-16(20)18(23-24(2,3)4)17(22-14)13-9-7-6-8-10-13/h6-12,14,16-18,20H,5H2,1-4H3/b12-11-/t14-,16+,17+,18-/m0/s1. The molecule has 1 heterocycles. The molecule has 2 rings (SSSR count). The highest BCUT2D eigenvalue weighted by Gasteiger charge is 2.45. The van der Waals surface area contributed by atoms with E-state index in [1.807, 2.05) is 30.3 Å². The molecule has 1 aliphatic rings. The Kier molecular flexibility index (Phi) is 6.34. The zero-order chi connectivity index (χ0) is 17.7. The molecule has 24 heavy (non-hydrogen) atoms. The number of esters is 1. The summed E-state index contributed by atoms with van der Waals surface area (Å²) in [6.07, 6.45) is 0.567. The van der Waals surface area contributed by atoms with Gasteiger partial charge in [0.25, 0.3) is 0 Å². The lowest BCUT2D eigenvalue weighted by molar-refractivity contribution is -0.137. The first-order valence-corrected chi connectivity index (χ1v) is 11.6. The van der Waals surface area contributed by atoms with E-state index in [4.69, 9.17) is 13.9 Å². The van der Waals surface area contributed by atoms with Gasteiger partial charge >= 0.3 is 5.97 Å². The van der Waals surface area contributed by atoms with Crippen molar-refractivity contribution in [2.45, 2.75) is 51.0 Å². The minimum absolute atomic E-state index is 0.311. The summed E-state index contributed by atoms with van der Waals surface area (Å²) < 4.78 is 17.0. The summed E-state index contributed by atoms with van der Waals surface area (Å²) in [6, 6.07) is 9.70. The van der Waals surface area contributed by atoms with Gasteiger partial charge in [0.1, 0.15) is 24.4 Å². The van der Waals surface area contributed by atoms with Gasteiger partial charge in [-0.05, 0) is 38.2 Å². The van der Waals surface area contributed by atoms with Crippen LogP contribution in [0.5, 0.6) is 0 Å². The molecule has 0 aromatic heterocycles. The van der Waals surface area contributed by atoms with Crippen molar-refractivity contribution in [2.75, 3.05) is 6.61 Å². The normalized spacial score (nSPS) is 27.5. The first-order valence-electron chi connectivity index (χ1n) is 8.23. The number of carbonyl (C=O) groups is 1. The van der Waals surface area contributed by atoms with Crippen LogP contribution in [0.15, 0.2) is 42.5 Å². The molecule has 132 valence electrons. The third kappa shape index (κ3) is 5.01. The quantitative estimate of drug-likeness (QED) is 0.485. The van der Waals surface area contributed by atoms with E-state index in [0.29, 0.717) is 6.61 Å². The molecule has 0 aliphatic carbocycles. The van der Waals surface area contributed by atoms with Crippen LogP contribution in [0.1, 0.15) is 18.6 Å². The first-order chi connectivity index (χ1) is 11.3. The summed E-state index contributed by atoms with van der Waals surface area (Å²) in [7, 11) is -1.88. The molecule has 4 atom stereocenters. The zero-order valence-corrected chi connectivity index (χ0v) is 15.6. The van der Waals surface area contributed by atoms with Gasteiger partial charge in [-0.15, -0.1) is 0 Å². The maximum absolute atomic E-state index is 11.5. The van der Waals surface area contributed by atoms with Crippen LogP contribution in [0.25, 0.3) is 0 Å². The summed E-state index contributed by atoms with van der Waals surface area (Å²) >= 11 is 0. The Morgan fingerprint density at radius 1 is 1.29 bits per heavy atom. The van der Waals surface area contributed by atoms with Crippen LogP contribution < -0.4 is 0 Å². The van der Waals surface area contributed by atoms with Crippen molar-refractivity contribution in [3.8, 4) is 0 Å². The second-order valence-corrected chi connectivity index (χ2v) is 11.2. The summed E-state index contributed by atoms with van der Waals surface area (Å²) in [5.41, 5.74) is 0.951. The zero-order valence-electron chi connectivity index (χ0n) is 14.6. The van der Waals surface area contributed by atoms with Crippen LogP contribution >= 0.6 is 0 Å². The van der Waals surface area contributed by atoms with Gasteiger partial charge in [-0.1, -0.05) is 30.3 Å². The molecule has 6 heteroatoms.